The lowest BCUT2D eigenvalue weighted by atomic mass is 9.76. The van der Waals surface area contributed by atoms with Crippen molar-refractivity contribution in [3.8, 4) is 0 Å². The van der Waals surface area contributed by atoms with Crippen LogP contribution in [-0.4, -0.2) is 54.6 Å². The third-order valence-electron chi connectivity index (χ3n) is 4.46. The number of rotatable bonds is 2. The van der Waals surface area contributed by atoms with Crippen LogP contribution in [0, 0.1) is 5.92 Å². The van der Waals surface area contributed by atoms with Crippen molar-refractivity contribution < 1.29 is 0 Å². The number of hydrogen-bond acceptors (Lipinski definition) is 3. The second kappa shape index (κ2) is 3.47. The quantitative estimate of drug-likeness (QED) is 0.679. The van der Waals surface area contributed by atoms with Crippen molar-refractivity contribution in [2.24, 2.45) is 11.7 Å². The van der Waals surface area contributed by atoms with Gasteiger partial charge in [0, 0.05) is 44.8 Å². The molecule has 14 heavy (non-hydrogen) atoms. The van der Waals surface area contributed by atoms with E-state index in [1.807, 2.05) is 0 Å². The fraction of sp³-hybridized carbons (Fsp3) is 1.00. The van der Waals surface area contributed by atoms with Crippen LogP contribution in [0.25, 0.3) is 0 Å². The first-order chi connectivity index (χ1) is 6.84. The lowest BCUT2D eigenvalue weighted by molar-refractivity contribution is -0.0128. The van der Waals surface area contributed by atoms with Gasteiger partial charge in [-0.1, -0.05) is 6.42 Å². The highest BCUT2D eigenvalue weighted by Gasteiger charge is 2.39. The molecule has 2 atom stereocenters. The SMILES string of the molecule is NC(C1CCC1)C1CN2CCN1CC2. The van der Waals surface area contributed by atoms with Crippen LogP contribution in [0.3, 0.4) is 0 Å². The molecule has 2 bridgehead atoms. The fourth-order valence-electron chi connectivity index (χ4n) is 3.16. The standard InChI is InChI=1S/C11H21N3/c12-11(9-2-1-3-9)10-8-13-4-6-14(10)7-5-13/h9-11H,1-8,12H2. The van der Waals surface area contributed by atoms with E-state index in [1.54, 1.807) is 0 Å². The van der Waals surface area contributed by atoms with Gasteiger partial charge in [-0.05, 0) is 18.8 Å². The van der Waals surface area contributed by atoms with Crippen molar-refractivity contribution in [1.82, 2.24) is 9.80 Å². The Hall–Kier alpha value is -0.120. The van der Waals surface area contributed by atoms with Crippen LogP contribution in [0.4, 0.5) is 0 Å². The molecule has 2 unspecified atom stereocenters. The van der Waals surface area contributed by atoms with E-state index >= 15 is 0 Å². The van der Waals surface area contributed by atoms with Crippen LogP contribution in [0.2, 0.25) is 0 Å². The van der Waals surface area contributed by atoms with E-state index in [0.717, 1.165) is 5.92 Å². The second-order valence-electron chi connectivity index (χ2n) is 5.17. The third-order valence-corrected chi connectivity index (χ3v) is 4.46. The Kier molecular flexibility index (Phi) is 2.26. The van der Waals surface area contributed by atoms with Crippen molar-refractivity contribution in [1.29, 1.82) is 0 Å². The van der Waals surface area contributed by atoms with Gasteiger partial charge in [-0.15, -0.1) is 0 Å². The first-order valence-corrected chi connectivity index (χ1v) is 6.06. The molecule has 4 fully saturated rings. The zero-order valence-electron chi connectivity index (χ0n) is 8.86. The van der Waals surface area contributed by atoms with Gasteiger partial charge in [-0.2, -0.15) is 0 Å². The minimum Gasteiger partial charge on any atom is -0.326 e. The molecular formula is C11H21N3. The molecule has 0 aromatic rings. The number of nitrogens with zero attached hydrogens (tertiary/aromatic N) is 2. The molecular weight excluding hydrogens is 174 g/mol. The summed E-state index contributed by atoms with van der Waals surface area (Å²) in [5.74, 6) is 0.834. The normalized spacial score (nSPS) is 44.8. The lowest BCUT2D eigenvalue weighted by Gasteiger charge is -2.51. The van der Waals surface area contributed by atoms with E-state index in [4.69, 9.17) is 5.73 Å². The molecule has 0 amide bonds. The Morgan fingerprint density at radius 2 is 1.79 bits per heavy atom. The van der Waals surface area contributed by atoms with E-state index in [9.17, 15) is 0 Å². The number of fused-ring (bicyclic) bond motifs is 3. The van der Waals surface area contributed by atoms with Gasteiger partial charge in [-0.3, -0.25) is 9.80 Å². The number of piperazine rings is 3. The summed E-state index contributed by atoms with van der Waals surface area (Å²) in [6.45, 7) is 6.29. The van der Waals surface area contributed by atoms with Gasteiger partial charge in [0.15, 0.2) is 0 Å². The van der Waals surface area contributed by atoms with Gasteiger partial charge < -0.3 is 5.73 Å². The van der Waals surface area contributed by atoms with Crippen LogP contribution >= 0.6 is 0 Å². The summed E-state index contributed by atoms with van der Waals surface area (Å²) in [6.07, 6.45) is 4.17. The maximum atomic E-state index is 6.37. The first-order valence-electron chi connectivity index (χ1n) is 6.06. The summed E-state index contributed by atoms with van der Waals surface area (Å²) in [7, 11) is 0. The summed E-state index contributed by atoms with van der Waals surface area (Å²) in [5.41, 5.74) is 6.37. The van der Waals surface area contributed by atoms with Crippen molar-refractivity contribution in [2.75, 3.05) is 32.7 Å². The average molecular weight is 195 g/mol. The zero-order chi connectivity index (χ0) is 9.54. The fourth-order valence-corrected chi connectivity index (χ4v) is 3.16. The van der Waals surface area contributed by atoms with E-state index < -0.39 is 0 Å². The first kappa shape index (κ1) is 9.13. The Morgan fingerprint density at radius 3 is 2.21 bits per heavy atom. The molecule has 0 radical (unpaired) electrons. The Bertz CT molecular complexity index is 207. The van der Waals surface area contributed by atoms with Crippen molar-refractivity contribution in [3.05, 3.63) is 0 Å². The monoisotopic (exact) mass is 195 g/mol. The Balaban J connectivity index is 1.66. The highest BCUT2D eigenvalue weighted by molar-refractivity contribution is 4.97. The van der Waals surface area contributed by atoms with E-state index in [-0.39, 0.29) is 0 Å². The minimum absolute atomic E-state index is 0.451. The smallest absolute Gasteiger partial charge is 0.0378 e. The van der Waals surface area contributed by atoms with Crippen molar-refractivity contribution in [2.45, 2.75) is 31.3 Å². The maximum absolute atomic E-state index is 6.37. The molecule has 0 aromatic carbocycles. The molecule has 1 saturated carbocycles. The molecule has 2 N–H and O–H groups in total. The molecule has 0 spiro atoms. The van der Waals surface area contributed by atoms with Gasteiger partial charge in [0.1, 0.15) is 0 Å². The number of hydrogen-bond donors (Lipinski definition) is 1. The van der Waals surface area contributed by atoms with Crippen molar-refractivity contribution >= 4 is 0 Å². The molecule has 3 aliphatic heterocycles. The largest absolute Gasteiger partial charge is 0.326 e. The van der Waals surface area contributed by atoms with Crippen LogP contribution in [0.5, 0.6) is 0 Å². The minimum atomic E-state index is 0.451. The number of nitrogens with two attached hydrogens (primary N) is 1. The highest BCUT2D eigenvalue weighted by atomic mass is 15.3. The summed E-state index contributed by atoms with van der Waals surface area (Å²) < 4.78 is 0. The predicted octanol–water partition coefficient (Wildman–Crippen LogP) is 0.114. The summed E-state index contributed by atoms with van der Waals surface area (Å²) >= 11 is 0. The van der Waals surface area contributed by atoms with Crippen LogP contribution in [0.1, 0.15) is 19.3 Å². The van der Waals surface area contributed by atoms with Gasteiger partial charge in [0.05, 0.1) is 0 Å². The molecule has 4 aliphatic rings. The third kappa shape index (κ3) is 1.38. The van der Waals surface area contributed by atoms with Gasteiger partial charge >= 0.3 is 0 Å². The average Bonchev–Trinajstić information content (AvgIpc) is 2.17. The molecule has 3 heteroatoms. The molecule has 3 saturated heterocycles. The van der Waals surface area contributed by atoms with Crippen LogP contribution in [-0.2, 0) is 0 Å². The maximum Gasteiger partial charge on any atom is 0.0378 e. The summed E-state index contributed by atoms with van der Waals surface area (Å²) in [6, 6.07) is 1.12. The van der Waals surface area contributed by atoms with Crippen LogP contribution in [0.15, 0.2) is 0 Å². The van der Waals surface area contributed by atoms with Gasteiger partial charge in [0.25, 0.3) is 0 Å². The molecule has 3 heterocycles. The molecule has 0 aromatic heterocycles. The predicted molar refractivity (Wildman–Crippen MR) is 57.1 cm³/mol. The van der Waals surface area contributed by atoms with Crippen molar-refractivity contribution in [3.63, 3.8) is 0 Å². The Labute approximate surface area is 86.2 Å². The topological polar surface area (TPSA) is 32.5 Å². The van der Waals surface area contributed by atoms with Crippen LogP contribution < -0.4 is 5.73 Å². The zero-order valence-corrected chi connectivity index (χ0v) is 8.86. The molecule has 80 valence electrons. The summed E-state index contributed by atoms with van der Waals surface area (Å²) in [5, 5.41) is 0. The molecule has 3 nitrogen and oxygen atoms in total. The van der Waals surface area contributed by atoms with E-state index in [2.05, 4.69) is 9.80 Å². The Morgan fingerprint density at radius 1 is 1.07 bits per heavy atom. The van der Waals surface area contributed by atoms with E-state index in [1.165, 1.54) is 52.0 Å². The van der Waals surface area contributed by atoms with E-state index in [0.29, 0.717) is 12.1 Å². The lowest BCUT2D eigenvalue weighted by Crippen LogP contribution is -2.67. The second-order valence-corrected chi connectivity index (χ2v) is 5.17. The van der Waals surface area contributed by atoms with Gasteiger partial charge in [0.2, 0.25) is 0 Å². The molecule has 4 rings (SSSR count). The molecule has 1 aliphatic carbocycles. The summed E-state index contributed by atoms with van der Waals surface area (Å²) in [4.78, 5) is 5.21. The highest BCUT2D eigenvalue weighted by Crippen LogP contribution is 2.32. The van der Waals surface area contributed by atoms with Gasteiger partial charge in [-0.25, -0.2) is 0 Å².